The van der Waals surface area contributed by atoms with E-state index in [0.29, 0.717) is 13.0 Å². The zero-order chi connectivity index (χ0) is 18.5. The molecule has 5 aliphatic rings. The van der Waals surface area contributed by atoms with Crippen LogP contribution in [0.25, 0.3) is 0 Å². The lowest BCUT2D eigenvalue weighted by Crippen LogP contribution is -2.93. The highest BCUT2D eigenvalue weighted by molar-refractivity contribution is 5.25. The fraction of sp³-hybridized carbons (Fsp3) is 1.00. The van der Waals surface area contributed by atoms with Crippen LogP contribution >= 0.6 is 0 Å². The van der Waals surface area contributed by atoms with Crippen LogP contribution in [0.5, 0.6) is 0 Å². The van der Waals surface area contributed by atoms with Gasteiger partial charge in [-0.2, -0.15) is 0 Å². The number of piperidine rings is 2. The molecule has 0 aliphatic carbocycles. The van der Waals surface area contributed by atoms with E-state index in [1.165, 1.54) is 0 Å². The lowest BCUT2D eigenvalue weighted by molar-refractivity contribution is -0.682. The summed E-state index contributed by atoms with van der Waals surface area (Å²) in [5, 5.41) is 24.3. The van der Waals surface area contributed by atoms with Gasteiger partial charge >= 0.3 is 0 Å². The highest BCUT2D eigenvalue weighted by Gasteiger charge is 2.84. The second kappa shape index (κ2) is 4.50. The Morgan fingerprint density at radius 1 is 0.880 bits per heavy atom. The summed E-state index contributed by atoms with van der Waals surface area (Å²) in [4.78, 5) is 27.9. The first-order chi connectivity index (χ1) is 11.4. The molecule has 0 unspecified atom stereocenters. The summed E-state index contributed by atoms with van der Waals surface area (Å²) in [6.45, 7) is 9.16. The molecule has 5 heterocycles. The van der Waals surface area contributed by atoms with Gasteiger partial charge in [-0.25, -0.2) is 0 Å². The molecule has 5 aliphatic heterocycles. The highest BCUT2D eigenvalue weighted by atomic mass is 16.6. The molecule has 0 amide bonds. The molecule has 5 fully saturated rings. The van der Waals surface area contributed by atoms with Crippen LogP contribution in [0.2, 0.25) is 0 Å². The van der Waals surface area contributed by atoms with Gasteiger partial charge < -0.3 is 4.74 Å². The maximum atomic E-state index is 12.1. The van der Waals surface area contributed by atoms with Crippen molar-refractivity contribution in [2.45, 2.75) is 62.9 Å². The first-order valence-electron chi connectivity index (χ1n) is 8.86. The summed E-state index contributed by atoms with van der Waals surface area (Å²) in [6.07, 6.45) is 1.44. The van der Waals surface area contributed by atoms with Crippen LogP contribution in [0.3, 0.4) is 0 Å². The molecule has 9 nitrogen and oxygen atoms in total. The minimum Gasteiger partial charge on any atom is -0.375 e. The molecule has 0 radical (unpaired) electrons. The predicted octanol–water partition coefficient (Wildman–Crippen LogP) is 0.974. The molecule has 4 bridgehead atoms. The Hall–Kier alpha value is -1.32. The standard InChI is InChI=1S/C16H26N4O5/c1-12(2)7-16(5-6-25-12)17-8-14(19(21)22)9-18(16)11-15(10-17,20(23)24)13(14,3)4/h5-11H2,1-4H3. The van der Waals surface area contributed by atoms with Crippen LogP contribution in [-0.2, 0) is 4.74 Å². The van der Waals surface area contributed by atoms with Gasteiger partial charge in [0.05, 0.1) is 44.0 Å². The monoisotopic (exact) mass is 354 g/mol. The molecule has 140 valence electrons. The molecule has 1 spiro atoms. The van der Waals surface area contributed by atoms with Crippen molar-refractivity contribution in [2.24, 2.45) is 5.41 Å². The average Bonchev–Trinajstić information content (AvgIpc) is 2.44. The van der Waals surface area contributed by atoms with Crippen LogP contribution in [0.4, 0.5) is 0 Å². The maximum absolute atomic E-state index is 12.1. The van der Waals surface area contributed by atoms with E-state index in [9.17, 15) is 20.2 Å². The zero-order valence-corrected chi connectivity index (χ0v) is 15.3. The molecule has 0 atom stereocenters. The van der Waals surface area contributed by atoms with Crippen molar-refractivity contribution < 1.29 is 14.6 Å². The highest BCUT2D eigenvalue weighted by Crippen LogP contribution is 2.60. The number of hydrogen-bond acceptors (Lipinski definition) is 7. The van der Waals surface area contributed by atoms with Gasteiger partial charge in [-0.1, -0.05) is 0 Å². The van der Waals surface area contributed by atoms with E-state index < -0.39 is 16.5 Å². The molecule has 0 saturated carbocycles. The van der Waals surface area contributed by atoms with Crippen molar-refractivity contribution >= 4 is 0 Å². The SMILES string of the molecule is CC1(C)CC2(CCO1)N1CC3([N+](=O)[O-])CN2CC([N+](=O)[O-])(C1)C3(C)C. The summed E-state index contributed by atoms with van der Waals surface area (Å²) in [5.74, 6) is 0. The number of rotatable bonds is 2. The lowest BCUT2D eigenvalue weighted by Gasteiger charge is -2.71. The van der Waals surface area contributed by atoms with Gasteiger partial charge in [0.25, 0.3) is 11.1 Å². The van der Waals surface area contributed by atoms with Gasteiger partial charge in [-0.3, -0.25) is 30.0 Å². The zero-order valence-electron chi connectivity index (χ0n) is 15.3. The molecular weight excluding hydrogens is 328 g/mol. The van der Waals surface area contributed by atoms with Gasteiger partial charge in [0, 0.05) is 22.7 Å². The van der Waals surface area contributed by atoms with E-state index in [0.717, 1.165) is 6.42 Å². The van der Waals surface area contributed by atoms with Gasteiger partial charge in [0.15, 0.2) is 0 Å². The Morgan fingerprint density at radius 3 is 1.68 bits per heavy atom. The van der Waals surface area contributed by atoms with E-state index in [1.54, 1.807) is 13.8 Å². The minimum atomic E-state index is -1.32. The predicted molar refractivity (Wildman–Crippen MR) is 88.4 cm³/mol. The van der Waals surface area contributed by atoms with Gasteiger partial charge in [-0.15, -0.1) is 0 Å². The number of hydrogen-bond donors (Lipinski definition) is 0. The molecular formula is C16H26N4O5. The van der Waals surface area contributed by atoms with Crippen LogP contribution in [0.1, 0.15) is 40.5 Å². The second-order valence-electron chi connectivity index (χ2n) is 9.43. The summed E-state index contributed by atoms with van der Waals surface area (Å²) in [5.41, 5.74) is -4.35. The van der Waals surface area contributed by atoms with Crippen molar-refractivity contribution in [3.05, 3.63) is 20.2 Å². The summed E-state index contributed by atoms with van der Waals surface area (Å²) < 4.78 is 5.86. The van der Waals surface area contributed by atoms with Crippen LogP contribution in [0.15, 0.2) is 0 Å². The van der Waals surface area contributed by atoms with E-state index in [4.69, 9.17) is 4.74 Å². The number of nitrogens with zero attached hydrogens (tertiary/aromatic N) is 4. The first kappa shape index (κ1) is 17.1. The third-order valence-corrected chi connectivity index (χ3v) is 7.72. The molecule has 0 aromatic carbocycles. The van der Waals surface area contributed by atoms with E-state index in [-0.39, 0.29) is 47.3 Å². The van der Waals surface area contributed by atoms with Gasteiger partial charge in [-0.05, 0) is 27.7 Å². The molecule has 25 heavy (non-hydrogen) atoms. The maximum Gasteiger partial charge on any atom is 0.259 e. The number of ether oxygens (including phenoxy) is 1. The Morgan fingerprint density at radius 2 is 1.32 bits per heavy atom. The molecule has 5 saturated heterocycles. The van der Waals surface area contributed by atoms with E-state index in [1.807, 2.05) is 23.6 Å². The van der Waals surface area contributed by atoms with Crippen molar-refractivity contribution in [3.8, 4) is 0 Å². The number of nitro groups is 2. The second-order valence-corrected chi connectivity index (χ2v) is 9.43. The topological polar surface area (TPSA) is 102 Å². The van der Waals surface area contributed by atoms with Gasteiger partial charge in [0.2, 0.25) is 0 Å². The van der Waals surface area contributed by atoms with Crippen LogP contribution in [0, 0.1) is 25.6 Å². The molecule has 0 aromatic rings. The Bertz CT molecular complexity index is 609. The fourth-order valence-electron chi connectivity index (χ4n) is 6.03. The molecule has 5 rings (SSSR count). The Kier molecular flexibility index (Phi) is 3.08. The fourth-order valence-corrected chi connectivity index (χ4v) is 6.03. The largest absolute Gasteiger partial charge is 0.375 e. The lowest BCUT2D eigenvalue weighted by atomic mass is 9.52. The minimum absolute atomic E-state index is 0.249. The van der Waals surface area contributed by atoms with Crippen molar-refractivity contribution in [3.63, 3.8) is 0 Å². The van der Waals surface area contributed by atoms with Crippen LogP contribution in [-0.4, -0.2) is 74.8 Å². The van der Waals surface area contributed by atoms with E-state index in [2.05, 4.69) is 0 Å². The van der Waals surface area contributed by atoms with E-state index >= 15 is 0 Å². The molecule has 0 aromatic heterocycles. The van der Waals surface area contributed by atoms with Crippen LogP contribution < -0.4 is 0 Å². The third kappa shape index (κ3) is 1.74. The van der Waals surface area contributed by atoms with Gasteiger partial charge in [0.1, 0.15) is 5.41 Å². The summed E-state index contributed by atoms with van der Waals surface area (Å²) in [7, 11) is 0. The van der Waals surface area contributed by atoms with Crippen molar-refractivity contribution in [1.82, 2.24) is 9.80 Å². The molecule has 9 heteroatoms. The third-order valence-electron chi connectivity index (χ3n) is 7.72. The summed E-state index contributed by atoms with van der Waals surface area (Å²) >= 11 is 0. The summed E-state index contributed by atoms with van der Waals surface area (Å²) in [6, 6.07) is 0. The Balaban J connectivity index is 1.85. The van der Waals surface area contributed by atoms with Crippen molar-refractivity contribution in [1.29, 1.82) is 0 Å². The smallest absolute Gasteiger partial charge is 0.259 e. The normalized spacial score (nSPS) is 49.3. The van der Waals surface area contributed by atoms with Crippen molar-refractivity contribution in [2.75, 3.05) is 32.8 Å². The average molecular weight is 354 g/mol. The quantitative estimate of drug-likeness (QED) is 0.538. The first-order valence-corrected chi connectivity index (χ1v) is 8.86. The Labute approximate surface area is 146 Å². The molecule has 0 N–H and O–H groups in total.